The Bertz CT molecular complexity index is 383. The predicted molar refractivity (Wildman–Crippen MR) is 59.3 cm³/mol. The maximum Gasteiger partial charge on any atom is 0.125 e. The zero-order valence-corrected chi connectivity index (χ0v) is 8.46. The van der Waals surface area contributed by atoms with E-state index in [4.69, 9.17) is 10.2 Å². The van der Waals surface area contributed by atoms with E-state index in [0.717, 1.165) is 16.9 Å². The molecule has 0 aliphatic rings. The summed E-state index contributed by atoms with van der Waals surface area (Å²) in [6.45, 7) is 0.442. The van der Waals surface area contributed by atoms with Gasteiger partial charge in [0, 0.05) is 5.56 Å². The summed E-state index contributed by atoms with van der Waals surface area (Å²) in [6.07, 6.45) is 1.67. The lowest BCUT2D eigenvalue weighted by Crippen LogP contribution is -1.95. The van der Waals surface area contributed by atoms with E-state index < -0.39 is 0 Å². The summed E-state index contributed by atoms with van der Waals surface area (Å²) in [6, 6.07) is 12.0. The van der Waals surface area contributed by atoms with Crippen molar-refractivity contribution in [1.82, 2.24) is 0 Å². The maximum atomic E-state index is 5.54. The van der Waals surface area contributed by atoms with Crippen LogP contribution < -0.4 is 5.73 Å². The van der Waals surface area contributed by atoms with Gasteiger partial charge in [-0.2, -0.15) is 0 Å². The van der Waals surface area contributed by atoms with Crippen LogP contribution in [-0.4, -0.2) is 0 Å². The molecular formula is C11H12ClNO. The Morgan fingerprint density at radius 1 is 1.07 bits per heavy atom. The Kier molecular flexibility index (Phi) is 3.74. The lowest BCUT2D eigenvalue weighted by atomic mass is 10.1. The zero-order chi connectivity index (χ0) is 9.10. The van der Waals surface area contributed by atoms with Crippen molar-refractivity contribution in [3.05, 3.63) is 48.4 Å². The fraction of sp³-hybridized carbons (Fsp3) is 0.0909. The summed E-state index contributed by atoms with van der Waals surface area (Å²) in [7, 11) is 0. The molecule has 0 aliphatic carbocycles. The molecule has 74 valence electrons. The van der Waals surface area contributed by atoms with E-state index in [0.29, 0.717) is 6.54 Å². The van der Waals surface area contributed by atoms with Crippen LogP contribution >= 0.6 is 12.4 Å². The van der Waals surface area contributed by atoms with Crippen LogP contribution in [0.5, 0.6) is 0 Å². The smallest absolute Gasteiger partial charge is 0.125 e. The molecular weight excluding hydrogens is 198 g/mol. The molecule has 0 radical (unpaired) electrons. The van der Waals surface area contributed by atoms with Crippen molar-refractivity contribution in [2.24, 2.45) is 5.73 Å². The van der Waals surface area contributed by atoms with Gasteiger partial charge < -0.3 is 10.2 Å². The van der Waals surface area contributed by atoms with Crippen molar-refractivity contribution in [2.45, 2.75) is 6.54 Å². The average Bonchev–Trinajstić information content (AvgIpc) is 2.67. The molecule has 0 saturated carbocycles. The van der Waals surface area contributed by atoms with Crippen LogP contribution in [0.3, 0.4) is 0 Å². The molecule has 0 saturated heterocycles. The van der Waals surface area contributed by atoms with E-state index in [-0.39, 0.29) is 12.4 Å². The molecule has 2 nitrogen and oxygen atoms in total. The summed E-state index contributed by atoms with van der Waals surface area (Å²) in [5, 5.41) is 0. The Balaban J connectivity index is 0.000000980. The summed E-state index contributed by atoms with van der Waals surface area (Å²) in [5.74, 6) is 0.839. The molecule has 0 aliphatic heterocycles. The average molecular weight is 210 g/mol. The van der Waals surface area contributed by atoms with Crippen molar-refractivity contribution >= 4 is 12.4 Å². The monoisotopic (exact) mass is 209 g/mol. The largest absolute Gasteiger partial charge is 0.467 e. The Morgan fingerprint density at radius 3 is 2.43 bits per heavy atom. The number of hydrogen-bond donors (Lipinski definition) is 1. The molecule has 0 amide bonds. The van der Waals surface area contributed by atoms with Crippen molar-refractivity contribution in [3.8, 4) is 11.1 Å². The zero-order valence-electron chi connectivity index (χ0n) is 7.64. The van der Waals surface area contributed by atoms with E-state index >= 15 is 0 Å². The van der Waals surface area contributed by atoms with Gasteiger partial charge in [0.1, 0.15) is 5.76 Å². The van der Waals surface area contributed by atoms with E-state index in [1.54, 1.807) is 6.26 Å². The highest BCUT2D eigenvalue weighted by Gasteiger charge is 2.05. The van der Waals surface area contributed by atoms with E-state index in [9.17, 15) is 0 Å². The molecule has 1 aromatic carbocycles. The standard InChI is InChI=1S/C11H11NO.ClH/c12-8-11-10(6-7-13-11)9-4-2-1-3-5-9;/h1-7H,8,12H2;1H. The van der Waals surface area contributed by atoms with Crippen LogP contribution in [-0.2, 0) is 6.54 Å². The second-order valence-electron chi connectivity index (χ2n) is 2.83. The molecule has 2 rings (SSSR count). The number of benzene rings is 1. The van der Waals surface area contributed by atoms with Gasteiger partial charge in [0.05, 0.1) is 12.8 Å². The van der Waals surface area contributed by atoms with Gasteiger partial charge in [-0.25, -0.2) is 0 Å². The first-order chi connectivity index (χ1) is 6.42. The number of furan rings is 1. The molecule has 14 heavy (non-hydrogen) atoms. The topological polar surface area (TPSA) is 39.2 Å². The number of rotatable bonds is 2. The van der Waals surface area contributed by atoms with Crippen molar-refractivity contribution in [3.63, 3.8) is 0 Å². The summed E-state index contributed by atoms with van der Waals surface area (Å²) in [5.41, 5.74) is 7.77. The van der Waals surface area contributed by atoms with Crippen LogP contribution in [0.25, 0.3) is 11.1 Å². The van der Waals surface area contributed by atoms with Gasteiger partial charge in [0.2, 0.25) is 0 Å². The van der Waals surface area contributed by atoms with Crippen LogP contribution in [0.2, 0.25) is 0 Å². The molecule has 0 atom stereocenters. The number of hydrogen-bond acceptors (Lipinski definition) is 2. The fourth-order valence-corrected chi connectivity index (χ4v) is 1.37. The third kappa shape index (κ3) is 1.97. The molecule has 3 heteroatoms. The predicted octanol–water partition coefficient (Wildman–Crippen LogP) is 2.83. The summed E-state index contributed by atoms with van der Waals surface area (Å²) < 4.78 is 5.24. The van der Waals surface area contributed by atoms with E-state index in [1.165, 1.54) is 0 Å². The first-order valence-electron chi connectivity index (χ1n) is 4.23. The third-order valence-electron chi connectivity index (χ3n) is 2.02. The van der Waals surface area contributed by atoms with Gasteiger partial charge in [0.15, 0.2) is 0 Å². The second-order valence-corrected chi connectivity index (χ2v) is 2.83. The Morgan fingerprint density at radius 2 is 1.79 bits per heavy atom. The second kappa shape index (κ2) is 4.84. The summed E-state index contributed by atoms with van der Waals surface area (Å²) >= 11 is 0. The highest BCUT2D eigenvalue weighted by atomic mass is 35.5. The van der Waals surface area contributed by atoms with Gasteiger partial charge in [-0.3, -0.25) is 0 Å². The van der Waals surface area contributed by atoms with Crippen molar-refractivity contribution in [1.29, 1.82) is 0 Å². The minimum Gasteiger partial charge on any atom is -0.467 e. The SMILES string of the molecule is Cl.NCc1occc1-c1ccccc1. The summed E-state index contributed by atoms with van der Waals surface area (Å²) in [4.78, 5) is 0. The van der Waals surface area contributed by atoms with Crippen LogP contribution in [0.15, 0.2) is 47.1 Å². The van der Waals surface area contributed by atoms with Crippen LogP contribution in [0.4, 0.5) is 0 Å². The van der Waals surface area contributed by atoms with Gasteiger partial charge in [-0.15, -0.1) is 12.4 Å². The highest BCUT2D eigenvalue weighted by Crippen LogP contribution is 2.23. The molecule has 2 aromatic rings. The highest BCUT2D eigenvalue weighted by molar-refractivity contribution is 5.85. The van der Waals surface area contributed by atoms with Gasteiger partial charge >= 0.3 is 0 Å². The first-order valence-corrected chi connectivity index (χ1v) is 4.23. The molecule has 0 unspecified atom stereocenters. The van der Waals surface area contributed by atoms with E-state index in [1.807, 2.05) is 36.4 Å². The minimum absolute atomic E-state index is 0. The van der Waals surface area contributed by atoms with Crippen molar-refractivity contribution < 1.29 is 4.42 Å². The third-order valence-corrected chi connectivity index (χ3v) is 2.02. The first kappa shape index (κ1) is 10.8. The normalized spacial score (nSPS) is 9.50. The van der Waals surface area contributed by atoms with Crippen molar-refractivity contribution in [2.75, 3.05) is 0 Å². The van der Waals surface area contributed by atoms with Crippen LogP contribution in [0.1, 0.15) is 5.76 Å². The Hall–Kier alpha value is -1.25. The minimum atomic E-state index is 0. The Labute approximate surface area is 89.1 Å². The molecule has 0 spiro atoms. The molecule has 1 aromatic heterocycles. The number of nitrogens with two attached hydrogens (primary N) is 1. The lowest BCUT2D eigenvalue weighted by molar-refractivity contribution is 0.513. The molecule has 2 N–H and O–H groups in total. The van der Waals surface area contributed by atoms with Gasteiger partial charge in [0.25, 0.3) is 0 Å². The maximum absolute atomic E-state index is 5.54. The number of halogens is 1. The van der Waals surface area contributed by atoms with Crippen LogP contribution in [0, 0.1) is 0 Å². The lowest BCUT2D eigenvalue weighted by Gasteiger charge is -1.98. The van der Waals surface area contributed by atoms with E-state index in [2.05, 4.69) is 0 Å². The molecule has 1 heterocycles. The molecule has 0 fully saturated rings. The fourth-order valence-electron chi connectivity index (χ4n) is 1.37. The van der Waals surface area contributed by atoms with Gasteiger partial charge in [-0.05, 0) is 11.6 Å². The van der Waals surface area contributed by atoms with Gasteiger partial charge in [-0.1, -0.05) is 30.3 Å². The molecule has 0 bridgehead atoms. The quantitative estimate of drug-likeness (QED) is 0.826.